The first kappa shape index (κ1) is 22.5. The van der Waals surface area contributed by atoms with Crippen LogP contribution in [0.5, 0.6) is 0 Å². The van der Waals surface area contributed by atoms with Gasteiger partial charge in [-0.15, -0.1) is 5.10 Å². The van der Waals surface area contributed by atoms with Crippen molar-refractivity contribution in [3.05, 3.63) is 65.5 Å². The maximum Gasteiger partial charge on any atom is 0.355 e. The largest absolute Gasteiger partial charge is 0.476 e. The molecule has 1 aromatic carbocycles. The summed E-state index contributed by atoms with van der Waals surface area (Å²) in [7, 11) is 0. The van der Waals surface area contributed by atoms with Gasteiger partial charge in [-0.1, -0.05) is 50.6 Å². The number of aromatic carboxylic acids is 1. The number of alkyl halides is 2. The van der Waals surface area contributed by atoms with Gasteiger partial charge in [0.15, 0.2) is 5.69 Å². The lowest BCUT2D eigenvalue weighted by Gasteiger charge is -2.10. The second kappa shape index (κ2) is 9.76. The Bertz CT molecular complexity index is 1030. The summed E-state index contributed by atoms with van der Waals surface area (Å²) < 4.78 is 30.3. The highest BCUT2D eigenvalue weighted by molar-refractivity contribution is 5.93. The van der Waals surface area contributed by atoms with E-state index < -0.39 is 17.7 Å². The summed E-state index contributed by atoms with van der Waals surface area (Å²) in [5.74, 6) is -4.05. The summed E-state index contributed by atoms with van der Waals surface area (Å²) in [6.07, 6.45) is 3.61. The van der Waals surface area contributed by atoms with E-state index in [1.165, 1.54) is 6.20 Å². The molecule has 0 bridgehead atoms. The molecule has 1 N–H and O–H groups in total. The summed E-state index contributed by atoms with van der Waals surface area (Å²) in [5, 5.41) is 13.5. The highest BCUT2D eigenvalue weighted by Gasteiger charge is 2.36. The molecule has 2 aromatic heterocycles. The Labute approximate surface area is 180 Å². The van der Waals surface area contributed by atoms with Gasteiger partial charge in [0.25, 0.3) is 0 Å². The zero-order chi connectivity index (χ0) is 22.4. The molecule has 8 heteroatoms. The van der Waals surface area contributed by atoms with Gasteiger partial charge in [0.05, 0.1) is 0 Å². The standard InChI is InChI=1S/C23H26F2N4O2/c1-3-5-14-29-19(27-22(28-29)23(24,25)12-4-2)15-16-8-10-17(11-9-16)18-7-6-13-26-20(18)21(30)31/h6-11,13H,3-5,12,14-15H2,1-2H3,(H,30,31). The average molecular weight is 428 g/mol. The molecule has 0 saturated carbocycles. The molecule has 0 aliphatic rings. The normalized spacial score (nSPS) is 11.6. The van der Waals surface area contributed by atoms with Crippen LogP contribution in [0.15, 0.2) is 42.6 Å². The second-order valence-electron chi connectivity index (χ2n) is 7.46. The molecular weight excluding hydrogens is 402 g/mol. The first-order valence-electron chi connectivity index (χ1n) is 10.4. The summed E-state index contributed by atoms with van der Waals surface area (Å²) in [5.41, 5.74) is 2.10. The SMILES string of the molecule is CCCCn1nc(C(F)(F)CCC)nc1Cc1ccc(-c2cccnc2C(=O)O)cc1. The Balaban J connectivity index is 1.87. The van der Waals surface area contributed by atoms with Crippen LogP contribution in [-0.2, 0) is 18.9 Å². The Kier molecular flexibility index (Phi) is 7.09. The molecule has 0 saturated heterocycles. The van der Waals surface area contributed by atoms with Crippen LogP contribution in [0, 0.1) is 0 Å². The Morgan fingerprint density at radius 1 is 1.13 bits per heavy atom. The van der Waals surface area contributed by atoms with Crippen molar-refractivity contribution in [3.8, 4) is 11.1 Å². The molecule has 0 radical (unpaired) electrons. The predicted molar refractivity (Wildman–Crippen MR) is 113 cm³/mol. The third-order valence-corrected chi connectivity index (χ3v) is 5.00. The summed E-state index contributed by atoms with van der Waals surface area (Å²) >= 11 is 0. The third kappa shape index (κ3) is 5.31. The number of carbonyl (C=O) groups is 1. The van der Waals surface area contributed by atoms with Crippen molar-refractivity contribution in [2.75, 3.05) is 0 Å². The van der Waals surface area contributed by atoms with Gasteiger partial charge in [-0.25, -0.2) is 19.4 Å². The van der Waals surface area contributed by atoms with Gasteiger partial charge in [-0.3, -0.25) is 0 Å². The number of hydrogen-bond acceptors (Lipinski definition) is 4. The highest BCUT2D eigenvalue weighted by atomic mass is 19.3. The number of carboxylic acids is 1. The highest BCUT2D eigenvalue weighted by Crippen LogP contribution is 2.31. The summed E-state index contributed by atoms with van der Waals surface area (Å²) in [6, 6.07) is 10.7. The van der Waals surface area contributed by atoms with Crippen molar-refractivity contribution in [2.24, 2.45) is 0 Å². The minimum Gasteiger partial charge on any atom is -0.476 e. The third-order valence-electron chi connectivity index (χ3n) is 5.00. The Morgan fingerprint density at radius 3 is 2.52 bits per heavy atom. The van der Waals surface area contributed by atoms with Crippen LogP contribution in [-0.4, -0.2) is 30.8 Å². The molecule has 0 amide bonds. The van der Waals surface area contributed by atoms with Crippen molar-refractivity contribution in [3.63, 3.8) is 0 Å². The minimum absolute atomic E-state index is 0.0163. The molecule has 0 atom stereocenters. The van der Waals surface area contributed by atoms with Gasteiger partial charge in [0.1, 0.15) is 5.82 Å². The molecular formula is C23H26F2N4O2. The summed E-state index contributed by atoms with van der Waals surface area (Å²) in [4.78, 5) is 19.5. The van der Waals surface area contributed by atoms with E-state index in [0.717, 1.165) is 24.0 Å². The molecule has 3 rings (SSSR count). The van der Waals surface area contributed by atoms with Crippen molar-refractivity contribution in [1.29, 1.82) is 0 Å². The van der Waals surface area contributed by atoms with E-state index in [2.05, 4.69) is 15.1 Å². The van der Waals surface area contributed by atoms with E-state index in [-0.39, 0.29) is 12.1 Å². The maximum atomic E-state index is 14.4. The molecule has 31 heavy (non-hydrogen) atoms. The molecule has 164 valence electrons. The number of unbranched alkanes of at least 4 members (excludes halogenated alkanes) is 1. The topological polar surface area (TPSA) is 80.9 Å². The molecule has 6 nitrogen and oxygen atoms in total. The van der Waals surface area contributed by atoms with Crippen molar-refractivity contribution in [1.82, 2.24) is 19.7 Å². The zero-order valence-corrected chi connectivity index (χ0v) is 17.7. The van der Waals surface area contributed by atoms with E-state index in [9.17, 15) is 18.7 Å². The molecule has 2 heterocycles. The number of hydrogen-bond donors (Lipinski definition) is 1. The fourth-order valence-corrected chi connectivity index (χ4v) is 3.37. The molecule has 0 aliphatic heterocycles. The number of nitrogens with zero attached hydrogens (tertiary/aromatic N) is 4. The number of pyridine rings is 1. The smallest absolute Gasteiger partial charge is 0.355 e. The van der Waals surface area contributed by atoms with E-state index in [1.54, 1.807) is 35.9 Å². The van der Waals surface area contributed by atoms with Gasteiger partial charge in [0.2, 0.25) is 5.82 Å². The first-order chi connectivity index (χ1) is 14.9. The van der Waals surface area contributed by atoms with Gasteiger partial charge in [-0.2, -0.15) is 8.78 Å². The minimum atomic E-state index is -3.04. The van der Waals surface area contributed by atoms with Crippen LogP contribution in [0.25, 0.3) is 11.1 Å². The molecule has 0 spiro atoms. The molecule has 3 aromatic rings. The number of benzene rings is 1. The lowest BCUT2D eigenvalue weighted by molar-refractivity contribution is -0.0232. The van der Waals surface area contributed by atoms with Crippen molar-refractivity contribution in [2.45, 2.75) is 58.4 Å². The molecule has 0 unspecified atom stereocenters. The molecule has 0 aliphatic carbocycles. The lowest BCUT2D eigenvalue weighted by Crippen LogP contribution is -2.15. The monoisotopic (exact) mass is 428 g/mol. The lowest BCUT2D eigenvalue weighted by atomic mass is 10.0. The number of aromatic nitrogens is 4. The van der Waals surface area contributed by atoms with Gasteiger partial charge in [0, 0.05) is 31.1 Å². The van der Waals surface area contributed by atoms with Crippen molar-refractivity contribution < 1.29 is 18.7 Å². The van der Waals surface area contributed by atoms with Crippen LogP contribution in [0.1, 0.15) is 67.2 Å². The Morgan fingerprint density at radius 2 is 1.87 bits per heavy atom. The first-order valence-corrected chi connectivity index (χ1v) is 10.4. The Hall–Kier alpha value is -3.16. The second-order valence-corrected chi connectivity index (χ2v) is 7.46. The quantitative estimate of drug-likeness (QED) is 0.473. The van der Waals surface area contributed by atoms with Crippen LogP contribution in [0.4, 0.5) is 8.78 Å². The van der Waals surface area contributed by atoms with E-state index in [0.29, 0.717) is 30.8 Å². The summed E-state index contributed by atoms with van der Waals surface area (Å²) in [6.45, 7) is 4.28. The van der Waals surface area contributed by atoms with Gasteiger partial charge in [-0.05, 0) is 30.0 Å². The van der Waals surface area contributed by atoms with Crippen LogP contribution >= 0.6 is 0 Å². The maximum absolute atomic E-state index is 14.4. The van der Waals surface area contributed by atoms with Crippen LogP contribution in [0.2, 0.25) is 0 Å². The van der Waals surface area contributed by atoms with Crippen molar-refractivity contribution >= 4 is 5.97 Å². The van der Waals surface area contributed by atoms with Gasteiger partial charge >= 0.3 is 11.9 Å². The fourth-order valence-electron chi connectivity index (χ4n) is 3.37. The van der Waals surface area contributed by atoms with Gasteiger partial charge < -0.3 is 5.11 Å². The number of carboxylic acid groups (broad SMARTS) is 1. The predicted octanol–water partition coefficient (Wildman–Crippen LogP) is 5.32. The fraction of sp³-hybridized carbons (Fsp3) is 0.391. The van der Waals surface area contributed by atoms with Crippen LogP contribution < -0.4 is 0 Å². The number of rotatable bonds is 10. The number of aryl methyl sites for hydroxylation is 1. The van der Waals surface area contributed by atoms with E-state index >= 15 is 0 Å². The number of halogens is 2. The molecule has 0 fully saturated rings. The zero-order valence-electron chi connectivity index (χ0n) is 17.7. The van der Waals surface area contributed by atoms with Crippen LogP contribution in [0.3, 0.4) is 0 Å². The average Bonchev–Trinajstić information content (AvgIpc) is 3.16. The van der Waals surface area contributed by atoms with E-state index in [1.807, 2.05) is 19.1 Å². The van der Waals surface area contributed by atoms with E-state index in [4.69, 9.17) is 0 Å².